The number of nitrogens with one attached hydrogen (secondary N) is 1. The second-order valence-electron chi connectivity index (χ2n) is 6.83. The van der Waals surface area contributed by atoms with Gasteiger partial charge >= 0.3 is 0 Å². The lowest BCUT2D eigenvalue weighted by Crippen LogP contribution is -3.14. The molecule has 0 atom stereocenters. The second kappa shape index (κ2) is 8.00. The number of hydrogen-bond donors (Lipinski definition) is 1. The van der Waals surface area contributed by atoms with Crippen molar-refractivity contribution >= 4 is 39.4 Å². The molecule has 1 N–H and O–H groups in total. The van der Waals surface area contributed by atoms with E-state index in [9.17, 15) is 8.42 Å². The standard InChI is InChI=1S/C20H21N3O3S2/c24-28(25,15-10-17-6-2-1-3-7-17)22-13-11-21(12-14-22)16-23-18-8-4-5-9-19(18)26-20(23)27/h1-10,15H,11-14,16H2/p+1/b15-10+. The fourth-order valence-corrected chi connectivity index (χ4v) is 4.86. The fourth-order valence-electron chi connectivity index (χ4n) is 3.42. The van der Waals surface area contributed by atoms with E-state index >= 15 is 0 Å². The first kappa shape index (κ1) is 19.1. The summed E-state index contributed by atoms with van der Waals surface area (Å²) >= 11 is 5.35. The zero-order valence-corrected chi connectivity index (χ0v) is 17.0. The van der Waals surface area contributed by atoms with Crippen molar-refractivity contribution in [1.82, 2.24) is 8.87 Å². The van der Waals surface area contributed by atoms with Crippen LogP contribution in [0.2, 0.25) is 0 Å². The number of oxazole rings is 1. The van der Waals surface area contributed by atoms with Crippen LogP contribution in [-0.4, -0.2) is 43.5 Å². The Kier molecular flexibility index (Phi) is 5.45. The van der Waals surface area contributed by atoms with Gasteiger partial charge in [-0.1, -0.05) is 42.5 Å². The van der Waals surface area contributed by atoms with Gasteiger partial charge in [0.15, 0.2) is 12.3 Å². The normalized spacial score (nSPS) is 16.9. The van der Waals surface area contributed by atoms with Gasteiger partial charge in [0.05, 0.1) is 31.7 Å². The Hall–Kier alpha value is -2.26. The summed E-state index contributed by atoms with van der Waals surface area (Å²) in [6.45, 7) is 3.09. The number of benzene rings is 2. The average molecular weight is 417 g/mol. The Balaban J connectivity index is 1.41. The molecule has 4 rings (SSSR count). The summed E-state index contributed by atoms with van der Waals surface area (Å²) in [6, 6.07) is 17.2. The first-order valence-electron chi connectivity index (χ1n) is 9.18. The van der Waals surface area contributed by atoms with Crippen molar-refractivity contribution in [3.05, 3.63) is 70.4 Å². The number of aromatic nitrogens is 1. The van der Waals surface area contributed by atoms with E-state index in [2.05, 4.69) is 0 Å². The number of fused-ring (bicyclic) bond motifs is 1. The van der Waals surface area contributed by atoms with E-state index in [-0.39, 0.29) is 0 Å². The zero-order valence-electron chi connectivity index (χ0n) is 15.3. The van der Waals surface area contributed by atoms with Crippen LogP contribution in [0.25, 0.3) is 17.2 Å². The highest BCUT2D eigenvalue weighted by Crippen LogP contribution is 2.16. The molecule has 0 saturated carbocycles. The quantitative estimate of drug-likeness (QED) is 0.648. The van der Waals surface area contributed by atoms with Crippen molar-refractivity contribution in [2.75, 3.05) is 26.2 Å². The molecule has 0 unspecified atom stereocenters. The van der Waals surface area contributed by atoms with Gasteiger partial charge in [0.2, 0.25) is 10.0 Å². The molecule has 1 fully saturated rings. The number of sulfonamides is 1. The molecule has 0 amide bonds. The summed E-state index contributed by atoms with van der Waals surface area (Å²) < 4.78 is 34.4. The summed E-state index contributed by atoms with van der Waals surface area (Å²) in [5, 5.41) is 1.30. The largest absolute Gasteiger partial charge is 0.429 e. The van der Waals surface area contributed by atoms with Crippen molar-refractivity contribution < 1.29 is 17.7 Å². The van der Waals surface area contributed by atoms with Crippen molar-refractivity contribution in [3.63, 3.8) is 0 Å². The molecular weight excluding hydrogens is 394 g/mol. The van der Waals surface area contributed by atoms with Crippen LogP contribution in [0, 0.1) is 4.84 Å². The van der Waals surface area contributed by atoms with Crippen molar-refractivity contribution in [1.29, 1.82) is 0 Å². The molecule has 0 spiro atoms. The molecule has 0 aliphatic carbocycles. The summed E-state index contributed by atoms with van der Waals surface area (Å²) in [7, 11) is -3.42. The molecule has 1 aliphatic heterocycles. The molecule has 28 heavy (non-hydrogen) atoms. The number of hydrogen-bond acceptors (Lipinski definition) is 4. The van der Waals surface area contributed by atoms with Crippen LogP contribution in [0.1, 0.15) is 5.56 Å². The van der Waals surface area contributed by atoms with E-state index in [1.807, 2.05) is 59.2 Å². The number of nitrogens with zero attached hydrogens (tertiary/aromatic N) is 2. The van der Waals surface area contributed by atoms with Crippen LogP contribution < -0.4 is 4.90 Å². The lowest BCUT2D eigenvalue weighted by Gasteiger charge is -2.30. The van der Waals surface area contributed by atoms with Gasteiger partial charge in [0.1, 0.15) is 0 Å². The predicted octanol–water partition coefficient (Wildman–Crippen LogP) is 2.12. The van der Waals surface area contributed by atoms with Gasteiger partial charge in [-0.15, -0.1) is 0 Å². The Morgan fingerprint density at radius 2 is 1.71 bits per heavy atom. The third kappa shape index (κ3) is 4.10. The predicted molar refractivity (Wildman–Crippen MR) is 112 cm³/mol. The lowest BCUT2D eigenvalue weighted by atomic mass is 10.2. The van der Waals surface area contributed by atoms with Crippen molar-refractivity contribution in [2.45, 2.75) is 6.67 Å². The first-order valence-corrected chi connectivity index (χ1v) is 11.1. The second-order valence-corrected chi connectivity index (χ2v) is 9.00. The molecule has 2 aromatic carbocycles. The van der Waals surface area contributed by atoms with Gasteiger partial charge in [0, 0.05) is 5.41 Å². The zero-order chi connectivity index (χ0) is 19.6. The monoisotopic (exact) mass is 416 g/mol. The number of quaternary nitrogens is 1. The van der Waals surface area contributed by atoms with Crippen LogP contribution in [0.3, 0.4) is 0 Å². The Morgan fingerprint density at radius 3 is 2.46 bits per heavy atom. The van der Waals surface area contributed by atoms with Crippen LogP contribution >= 0.6 is 12.2 Å². The maximum Gasteiger partial charge on any atom is 0.274 e. The molecule has 6 nitrogen and oxygen atoms in total. The highest BCUT2D eigenvalue weighted by atomic mass is 32.2. The molecule has 1 aliphatic rings. The molecule has 1 saturated heterocycles. The summed E-state index contributed by atoms with van der Waals surface area (Å²) in [4.78, 5) is 1.73. The third-order valence-corrected chi connectivity index (χ3v) is 6.85. The Bertz CT molecular complexity index is 1140. The Labute approximate surface area is 169 Å². The minimum Gasteiger partial charge on any atom is -0.429 e. The molecule has 146 valence electrons. The molecule has 2 heterocycles. The van der Waals surface area contributed by atoms with Crippen molar-refractivity contribution in [3.8, 4) is 0 Å². The van der Waals surface area contributed by atoms with E-state index in [0.717, 1.165) is 29.8 Å². The van der Waals surface area contributed by atoms with E-state index in [0.29, 0.717) is 24.6 Å². The molecule has 1 aromatic heterocycles. The molecule has 3 aromatic rings. The molecular formula is C20H22N3O3S2+. The topological polar surface area (TPSA) is 59.9 Å². The first-order chi connectivity index (χ1) is 13.5. The minimum atomic E-state index is -3.42. The summed E-state index contributed by atoms with van der Waals surface area (Å²) in [5.41, 5.74) is 2.62. The Morgan fingerprint density at radius 1 is 1.04 bits per heavy atom. The number of para-hydroxylation sites is 2. The average Bonchev–Trinajstić information content (AvgIpc) is 3.03. The van der Waals surface area contributed by atoms with Crippen LogP contribution in [-0.2, 0) is 16.7 Å². The van der Waals surface area contributed by atoms with Gasteiger partial charge in [-0.3, -0.25) is 4.57 Å². The van der Waals surface area contributed by atoms with Crippen LogP contribution in [0.5, 0.6) is 0 Å². The summed E-state index contributed by atoms with van der Waals surface area (Å²) in [5.74, 6) is 0. The number of rotatable bonds is 5. The SMILES string of the molecule is O=S(=O)(/C=C/c1ccccc1)N1CC[NH+](Cn2c(=S)oc3ccccc32)CC1. The highest BCUT2D eigenvalue weighted by Gasteiger charge is 2.28. The molecule has 0 bridgehead atoms. The molecule has 0 radical (unpaired) electrons. The molecule has 8 heteroatoms. The van der Waals surface area contributed by atoms with Crippen LogP contribution in [0.15, 0.2) is 64.4 Å². The summed E-state index contributed by atoms with van der Waals surface area (Å²) in [6.07, 6.45) is 1.64. The lowest BCUT2D eigenvalue weighted by molar-refractivity contribution is -0.926. The maximum absolute atomic E-state index is 12.6. The van der Waals surface area contributed by atoms with E-state index in [1.54, 1.807) is 10.4 Å². The van der Waals surface area contributed by atoms with Gasteiger partial charge in [-0.05, 0) is 36.0 Å². The van der Waals surface area contributed by atoms with Crippen LogP contribution in [0.4, 0.5) is 0 Å². The van der Waals surface area contributed by atoms with Crippen molar-refractivity contribution in [2.24, 2.45) is 0 Å². The van der Waals surface area contributed by atoms with Gasteiger partial charge < -0.3 is 9.32 Å². The van der Waals surface area contributed by atoms with E-state index in [1.165, 1.54) is 10.3 Å². The van der Waals surface area contributed by atoms with Gasteiger partial charge in [-0.2, -0.15) is 4.31 Å². The third-order valence-electron chi connectivity index (χ3n) is 4.98. The highest BCUT2D eigenvalue weighted by molar-refractivity contribution is 7.92. The fraction of sp³-hybridized carbons (Fsp3) is 0.250. The van der Waals surface area contributed by atoms with E-state index < -0.39 is 10.0 Å². The van der Waals surface area contributed by atoms with E-state index in [4.69, 9.17) is 16.6 Å². The van der Waals surface area contributed by atoms with Gasteiger partial charge in [0.25, 0.3) is 4.84 Å². The van der Waals surface area contributed by atoms with Gasteiger partial charge in [-0.25, -0.2) is 8.42 Å². The number of piperazine rings is 1. The minimum absolute atomic E-state index is 0.453. The maximum atomic E-state index is 12.6. The smallest absolute Gasteiger partial charge is 0.274 e.